The number of fused-ring (bicyclic) bond motifs is 1. The highest BCUT2D eigenvalue weighted by Crippen LogP contribution is 2.20. The van der Waals surface area contributed by atoms with E-state index < -0.39 is 0 Å². The lowest BCUT2D eigenvalue weighted by Crippen LogP contribution is -2.28. The Kier molecular flexibility index (Phi) is 3.69. The quantitative estimate of drug-likeness (QED) is 0.906. The first-order valence-electron chi connectivity index (χ1n) is 5.89. The van der Waals surface area contributed by atoms with Crippen LogP contribution in [0.15, 0.2) is 18.5 Å². The van der Waals surface area contributed by atoms with Gasteiger partial charge in [-0.25, -0.2) is 4.98 Å². The molecule has 4 heteroatoms. The van der Waals surface area contributed by atoms with Crippen molar-refractivity contribution in [3.8, 4) is 0 Å². The molecule has 92 valence electrons. The normalized spacial score (nSPS) is 11.9. The highest BCUT2D eigenvalue weighted by atomic mass is 35.5. The van der Waals surface area contributed by atoms with Gasteiger partial charge in [-0.15, -0.1) is 0 Å². The summed E-state index contributed by atoms with van der Waals surface area (Å²) < 4.78 is 0. The van der Waals surface area contributed by atoms with E-state index in [0.717, 1.165) is 24.0 Å². The van der Waals surface area contributed by atoms with Gasteiger partial charge in [-0.3, -0.25) is 0 Å². The molecule has 0 radical (unpaired) electrons. The third-order valence-electron chi connectivity index (χ3n) is 3.20. The van der Waals surface area contributed by atoms with Crippen molar-refractivity contribution in [2.24, 2.45) is 0 Å². The van der Waals surface area contributed by atoms with Gasteiger partial charge in [-0.05, 0) is 38.9 Å². The predicted molar refractivity (Wildman–Crippen MR) is 72.6 cm³/mol. The van der Waals surface area contributed by atoms with Gasteiger partial charge in [0.15, 0.2) is 0 Å². The maximum Gasteiger partial charge on any atom is 0.137 e. The van der Waals surface area contributed by atoms with Gasteiger partial charge in [0.2, 0.25) is 0 Å². The minimum absolute atomic E-state index is 0.571. The van der Waals surface area contributed by atoms with Crippen molar-refractivity contribution in [3.05, 3.63) is 29.0 Å². The molecule has 0 spiro atoms. The zero-order valence-corrected chi connectivity index (χ0v) is 11.3. The second-order valence-corrected chi connectivity index (χ2v) is 5.12. The van der Waals surface area contributed by atoms with Crippen molar-refractivity contribution in [2.75, 3.05) is 13.6 Å². The molecule has 0 aliphatic carbocycles. The second-order valence-electron chi connectivity index (χ2n) is 4.69. The lowest BCUT2D eigenvalue weighted by atomic mass is 10.1. The zero-order chi connectivity index (χ0) is 12.4. The fourth-order valence-electron chi connectivity index (χ4n) is 1.79. The number of rotatable bonds is 4. The molecule has 0 aliphatic rings. The Balaban J connectivity index is 2.16. The van der Waals surface area contributed by atoms with Gasteiger partial charge >= 0.3 is 0 Å². The Morgan fingerprint density at radius 3 is 2.94 bits per heavy atom. The number of H-pyrrole nitrogens is 1. The van der Waals surface area contributed by atoms with Crippen LogP contribution >= 0.6 is 11.6 Å². The Morgan fingerprint density at radius 2 is 2.24 bits per heavy atom. The summed E-state index contributed by atoms with van der Waals surface area (Å²) in [7, 11) is 2.14. The van der Waals surface area contributed by atoms with E-state index in [0.29, 0.717) is 11.1 Å². The van der Waals surface area contributed by atoms with Crippen LogP contribution in [0.1, 0.15) is 19.4 Å². The van der Waals surface area contributed by atoms with Crippen LogP contribution in [0.2, 0.25) is 5.02 Å². The Bertz CT molecular complexity index is 504. The van der Waals surface area contributed by atoms with Gasteiger partial charge in [0.1, 0.15) is 5.65 Å². The number of aromatic amines is 1. The summed E-state index contributed by atoms with van der Waals surface area (Å²) in [6.07, 6.45) is 4.71. The molecule has 17 heavy (non-hydrogen) atoms. The first-order chi connectivity index (χ1) is 8.08. The van der Waals surface area contributed by atoms with Gasteiger partial charge in [0, 0.05) is 30.4 Å². The minimum atomic E-state index is 0.571. The van der Waals surface area contributed by atoms with Crippen LogP contribution in [0, 0.1) is 0 Å². The van der Waals surface area contributed by atoms with Gasteiger partial charge < -0.3 is 9.88 Å². The SMILES string of the molecule is CC(C)N(C)CCc1c[nH]c2ncc(Cl)cc12. The molecule has 3 nitrogen and oxygen atoms in total. The number of halogens is 1. The molecule has 0 atom stereocenters. The van der Waals surface area contributed by atoms with Gasteiger partial charge in [0.05, 0.1) is 5.02 Å². The van der Waals surface area contributed by atoms with E-state index in [1.165, 1.54) is 5.56 Å². The van der Waals surface area contributed by atoms with E-state index in [4.69, 9.17) is 11.6 Å². The molecule has 2 heterocycles. The van der Waals surface area contributed by atoms with E-state index in [-0.39, 0.29) is 0 Å². The number of pyridine rings is 1. The van der Waals surface area contributed by atoms with Crippen molar-refractivity contribution >= 4 is 22.6 Å². The van der Waals surface area contributed by atoms with Crippen LogP contribution in [0.25, 0.3) is 11.0 Å². The van der Waals surface area contributed by atoms with E-state index in [1.54, 1.807) is 6.20 Å². The molecule has 0 aromatic carbocycles. The lowest BCUT2D eigenvalue weighted by molar-refractivity contribution is 0.278. The molecule has 0 saturated carbocycles. The van der Waals surface area contributed by atoms with Crippen LogP contribution in [-0.4, -0.2) is 34.5 Å². The average molecular weight is 252 g/mol. The Labute approximate surface area is 107 Å². The molecule has 2 rings (SSSR count). The average Bonchev–Trinajstić information content (AvgIpc) is 2.68. The molecular formula is C13H18ClN3. The summed E-state index contributed by atoms with van der Waals surface area (Å²) in [5, 5.41) is 1.82. The highest BCUT2D eigenvalue weighted by molar-refractivity contribution is 6.31. The Hall–Kier alpha value is -1.06. The molecule has 2 aromatic rings. The molecule has 0 fully saturated rings. The number of hydrogen-bond donors (Lipinski definition) is 1. The molecule has 0 aliphatic heterocycles. The third kappa shape index (κ3) is 2.79. The maximum atomic E-state index is 5.97. The van der Waals surface area contributed by atoms with Crippen LogP contribution in [0.5, 0.6) is 0 Å². The minimum Gasteiger partial charge on any atom is -0.346 e. The first-order valence-corrected chi connectivity index (χ1v) is 6.27. The van der Waals surface area contributed by atoms with Gasteiger partial charge in [0.25, 0.3) is 0 Å². The van der Waals surface area contributed by atoms with E-state index in [9.17, 15) is 0 Å². The van der Waals surface area contributed by atoms with E-state index in [1.807, 2.05) is 12.3 Å². The molecule has 0 amide bonds. The van der Waals surface area contributed by atoms with Crippen molar-refractivity contribution in [3.63, 3.8) is 0 Å². The highest BCUT2D eigenvalue weighted by Gasteiger charge is 2.08. The first kappa shape index (κ1) is 12.4. The largest absolute Gasteiger partial charge is 0.346 e. The molecule has 0 bridgehead atoms. The summed E-state index contributed by atoms with van der Waals surface area (Å²) in [5.74, 6) is 0. The van der Waals surface area contributed by atoms with Crippen LogP contribution in [0.3, 0.4) is 0 Å². The fourth-order valence-corrected chi connectivity index (χ4v) is 1.95. The Morgan fingerprint density at radius 1 is 1.47 bits per heavy atom. The van der Waals surface area contributed by atoms with Crippen molar-refractivity contribution < 1.29 is 0 Å². The summed E-state index contributed by atoms with van der Waals surface area (Å²) in [6, 6.07) is 2.55. The third-order valence-corrected chi connectivity index (χ3v) is 3.41. The fraction of sp³-hybridized carbons (Fsp3) is 0.462. The summed E-state index contributed by atoms with van der Waals surface area (Å²) in [6.45, 7) is 5.44. The van der Waals surface area contributed by atoms with E-state index in [2.05, 4.69) is 35.8 Å². The maximum absolute atomic E-state index is 5.97. The molecule has 2 aromatic heterocycles. The topological polar surface area (TPSA) is 31.9 Å². The molecule has 0 unspecified atom stereocenters. The standard InChI is InChI=1S/C13H18ClN3/c1-9(2)17(3)5-4-10-7-15-13-12(10)6-11(14)8-16-13/h6-9H,4-5H2,1-3H3,(H,15,16). The monoisotopic (exact) mass is 251 g/mol. The van der Waals surface area contributed by atoms with E-state index >= 15 is 0 Å². The molecule has 0 saturated heterocycles. The number of nitrogens with zero attached hydrogens (tertiary/aromatic N) is 2. The summed E-state index contributed by atoms with van der Waals surface area (Å²) in [5.41, 5.74) is 2.19. The molecular weight excluding hydrogens is 234 g/mol. The van der Waals surface area contributed by atoms with Crippen LogP contribution in [-0.2, 0) is 6.42 Å². The van der Waals surface area contributed by atoms with Crippen LogP contribution < -0.4 is 0 Å². The number of likely N-dealkylation sites (N-methyl/N-ethyl adjacent to an activating group) is 1. The number of hydrogen-bond acceptors (Lipinski definition) is 2. The summed E-state index contributed by atoms with van der Waals surface area (Å²) >= 11 is 5.97. The zero-order valence-electron chi connectivity index (χ0n) is 10.5. The number of aromatic nitrogens is 2. The van der Waals surface area contributed by atoms with Gasteiger partial charge in [-0.1, -0.05) is 11.6 Å². The second kappa shape index (κ2) is 5.07. The predicted octanol–water partition coefficient (Wildman–Crippen LogP) is 3.10. The van der Waals surface area contributed by atoms with Crippen molar-refractivity contribution in [2.45, 2.75) is 26.3 Å². The van der Waals surface area contributed by atoms with Crippen molar-refractivity contribution in [1.29, 1.82) is 0 Å². The summed E-state index contributed by atoms with van der Waals surface area (Å²) in [4.78, 5) is 9.77. The van der Waals surface area contributed by atoms with Crippen LogP contribution in [0.4, 0.5) is 0 Å². The molecule has 1 N–H and O–H groups in total. The van der Waals surface area contributed by atoms with Gasteiger partial charge in [-0.2, -0.15) is 0 Å². The smallest absolute Gasteiger partial charge is 0.137 e. The number of nitrogens with one attached hydrogen (secondary N) is 1. The lowest BCUT2D eigenvalue weighted by Gasteiger charge is -2.20. The van der Waals surface area contributed by atoms with Crippen molar-refractivity contribution in [1.82, 2.24) is 14.9 Å².